The van der Waals surface area contributed by atoms with E-state index in [2.05, 4.69) is 10.2 Å². The third kappa shape index (κ3) is 3.47. The predicted octanol–water partition coefficient (Wildman–Crippen LogP) is 0.151. The fourth-order valence-corrected chi connectivity index (χ4v) is 1.56. The molecule has 0 saturated carbocycles. The van der Waals surface area contributed by atoms with Crippen LogP contribution in [0.15, 0.2) is 24.3 Å². The molecule has 0 aliphatic carbocycles. The van der Waals surface area contributed by atoms with Crippen molar-refractivity contribution in [1.29, 1.82) is 0 Å². The predicted molar refractivity (Wildman–Crippen MR) is 62.3 cm³/mol. The van der Waals surface area contributed by atoms with Gasteiger partial charge in [0.1, 0.15) is 13.2 Å². The van der Waals surface area contributed by atoms with E-state index in [1.165, 1.54) is 0 Å². The highest BCUT2D eigenvalue weighted by molar-refractivity contribution is 5.81. The molecule has 0 bridgehead atoms. The second-order valence-electron chi connectivity index (χ2n) is 3.71. The highest BCUT2D eigenvalue weighted by Gasteiger charge is 2.26. The van der Waals surface area contributed by atoms with Gasteiger partial charge in [-0.05, 0) is 12.1 Å². The van der Waals surface area contributed by atoms with Crippen LogP contribution in [0.25, 0.3) is 0 Å². The summed E-state index contributed by atoms with van der Waals surface area (Å²) in [6, 6.07) is 7.02. The van der Waals surface area contributed by atoms with Gasteiger partial charge in [-0.25, -0.2) is 0 Å². The normalized spacial score (nSPS) is 16.5. The van der Waals surface area contributed by atoms with Gasteiger partial charge in [0, 0.05) is 6.54 Å². The molecule has 1 N–H and O–H groups in total. The zero-order chi connectivity index (χ0) is 13.7. The average Bonchev–Trinajstić information content (AvgIpc) is 2.42. The van der Waals surface area contributed by atoms with Crippen molar-refractivity contribution in [2.45, 2.75) is 6.10 Å². The molecule has 1 aliphatic rings. The Balaban J connectivity index is 1.80. The van der Waals surface area contributed by atoms with Crippen LogP contribution in [-0.2, 0) is 9.63 Å². The smallest absolute Gasteiger partial charge is 0.294 e. The summed E-state index contributed by atoms with van der Waals surface area (Å²) in [4.78, 5) is 25.7. The van der Waals surface area contributed by atoms with Crippen LogP contribution in [0.4, 0.5) is 0 Å². The molecule has 0 fully saturated rings. The summed E-state index contributed by atoms with van der Waals surface area (Å²) in [5, 5.41) is 11.5. The summed E-state index contributed by atoms with van der Waals surface area (Å²) < 4.78 is 10.8. The summed E-state index contributed by atoms with van der Waals surface area (Å²) >= 11 is 0. The summed E-state index contributed by atoms with van der Waals surface area (Å²) in [7, 11) is 0. The van der Waals surface area contributed by atoms with Gasteiger partial charge in [-0.15, -0.1) is 10.1 Å². The Hall–Kier alpha value is -2.51. The number of carbonyl (C=O) groups is 1. The van der Waals surface area contributed by atoms with Crippen molar-refractivity contribution in [3.8, 4) is 11.5 Å². The molecule has 0 aromatic heterocycles. The second-order valence-corrected chi connectivity index (χ2v) is 3.71. The van der Waals surface area contributed by atoms with E-state index in [9.17, 15) is 14.9 Å². The third-order valence-electron chi connectivity index (χ3n) is 2.40. The fourth-order valence-electron chi connectivity index (χ4n) is 1.56. The molecular formula is C11H12N2O6. The minimum absolute atomic E-state index is 0.0291. The summed E-state index contributed by atoms with van der Waals surface area (Å²) in [5.41, 5.74) is 0. The number of nitrogens with zero attached hydrogens (tertiary/aromatic N) is 1. The zero-order valence-corrected chi connectivity index (χ0v) is 9.90. The third-order valence-corrected chi connectivity index (χ3v) is 2.40. The second kappa shape index (κ2) is 5.89. The van der Waals surface area contributed by atoms with Gasteiger partial charge < -0.3 is 19.6 Å². The van der Waals surface area contributed by atoms with E-state index in [1.54, 1.807) is 24.3 Å². The molecule has 1 heterocycles. The van der Waals surface area contributed by atoms with Crippen LogP contribution in [0.5, 0.6) is 11.5 Å². The fraction of sp³-hybridized carbons (Fsp3) is 0.364. The van der Waals surface area contributed by atoms with Gasteiger partial charge in [-0.1, -0.05) is 12.1 Å². The van der Waals surface area contributed by atoms with Crippen LogP contribution >= 0.6 is 0 Å². The standard InChI is InChI=1S/C11H12N2O6/c14-11(12-5-6-18-13(15)16)10-7-17-8-3-1-2-4-9(8)19-10/h1-4,10H,5-7H2,(H,12,14). The van der Waals surface area contributed by atoms with Crippen molar-refractivity contribution >= 4 is 5.91 Å². The molecule has 19 heavy (non-hydrogen) atoms. The minimum Gasteiger partial charge on any atom is -0.485 e. The molecule has 1 amide bonds. The lowest BCUT2D eigenvalue weighted by Crippen LogP contribution is -2.44. The lowest BCUT2D eigenvalue weighted by Gasteiger charge is -2.25. The van der Waals surface area contributed by atoms with Crippen molar-refractivity contribution in [2.24, 2.45) is 0 Å². The molecule has 8 nitrogen and oxygen atoms in total. The molecule has 102 valence electrons. The Morgan fingerprint density at radius 2 is 2.21 bits per heavy atom. The van der Waals surface area contributed by atoms with Crippen molar-refractivity contribution in [3.63, 3.8) is 0 Å². The molecular weight excluding hydrogens is 256 g/mol. The Labute approximate surface area is 108 Å². The highest BCUT2D eigenvalue weighted by Crippen LogP contribution is 2.30. The number of para-hydroxylation sites is 2. The topological polar surface area (TPSA) is 99.9 Å². The van der Waals surface area contributed by atoms with E-state index in [-0.39, 0.29) is 19.8 Å². The number of rotatable bonds is 5. The number of hydrogen-bond acceptors (Lipinski definition) is 6. The monoisotopic (exact) mass is 268 g/mol. The van der Waals surface area contributed by atoms with E-state index in [0.717, 1.165) is 0 Å². The van der Waals surface area contributed by atoms with E-state index in [1.807, 2.05) is 0 Å². The number of benzene rings is 1. The minimum atomic E-state index is -0.914. The summed E-state index contributed by atoms with van der Waals surface area (Å²) in [6.07, 6.45) is -0.773. The maximum absolute atomic E-state index is 11.7. The lowest BCUT2D eigenvalue weighted by atomic mass is 10.2. The zero-order valence-electron chi connectivity index (χ0n) is 9.90. The average molecular weight is 268 g/mol. The molecule has 0 radical (unpaired) electrons. The van der Waals surface area contributed by atoms with Crippen molar-refractivity contribution < 1.29 is 24.2 Å². The van der Waals surface area contributed by atoms with E-state index in [0.29, 0.717) is 11.5 Å². The Kier molecular flexibility index (Phi) is 4.01. The summed E-state index contributed by atoms with van der Waals surface area (Å²) in [6.45, 7) is -0.0802. The van der Waals surface area contributed by atoms with Crippen LogP contribution in [-0.4, -0.2) is 36.9 Å². The maximum Gasteiger partial charge on any atom is 0.294 e. The molecule has 8 heteroatoms. The van der Waals surface area contributed by atoms with Crippen molar-refractivity contribution in [3.05, 3.63) is 34.4 Å². The number of amides is 1. The largest absolute Gasteiger partial charge is 0.485 e. The van der Waals surface area contributed by atoms with Gasteiger partial charge in [0.2, 0.25) is 6.10 Å². The Morgan fingerprint density at radius 1 is 1.47 bits per heavy atom. The lowest BCUT2D eigenvalue weighted by molar-refractivity contribution is -0.757. The van der Waals surface area contributed by atoms with Crippen LogP contribution in [0.3, 0.4) is 0 Å². The van der Waals surface area contributed by atoms with Gasteiger partial charge in [-0.3, -0.25) is 4.79 Å². The number of ether oxygens (including phenoxy) is 2. The first-order valence-electron chi connectivity index (χ1n) is 5.60. The molecule has 0 spiro atoms. The van der Waals surface area contributed by atoms with Crippen LogP contribution in [0.2, 0.25) is 0 Å². The maximum atomic E-state index is 11.7. The Bertz CT molecular complexity index is 478. The molecule has 1 unspecified atom stereocenters. The SMILES string of the molecule is O=C(NCCO[N+](=O)[O-])C1COc2ccccc2O1. The van der Waals surface area contributed by atoms with E-state index >= 15 is 0 Å². The number of carbonyl (C=O) groups excluding carboxylic acids is 1. The first-order chi connectivity index (χ1) is 9.16. The number of hydrogen-bond donors (Lipinski definition) is 1. The van der Waals surface area contributed by atoms with E-state index < -0.39 is 17.1 Å². The molecule has 1 aromatic rings. The molecule has 0 saturated heterocycles. The van der Waals surface area contributed by atoms with Gasteiger partial charge in [-0.2, -0.15) is 0 Å². The molecule has 2 rings (SSSR count). The quantitative estimate of drug-likeness (QED) is 0.463. The van der Waals surface area contributed by atoms with Gasteiger partial charge in [0.25, 0.3) is 11.0 Å². The van der Waals surface area contributed by atoms with Crippen molar-refractivity contribution in [2.75, 3.05) is 19.8 Å². The highest BCUT2D eigenvalue weighted by atomic mass is 16.9. The van der Waals surface area contributed by atoms with Crippen LogP contribution in [0.1, 0.15) is 0 Å². The molecule has 1 aromatic carbocycles. The van der Waals surface area contributed by atoms with Crippen LogP contribution in [0, 0.1) is 10.1 Å². The van der Waals surface area contributed by atoms with Gasteiger partial charge in [0.15, 0.2) is 11.5 Å². The summed E-state index contributed by atoms with van der Waals surface area (Å²) in [5.74, 6) is 0.681. The number of nitrogens with one attached hydrogen (secondary N) is 1. The van der Waals surface area contributed by atoms with Crippen LogP contribution < -0.4 is 14.8 Å². The van der Waals surface area contributed by atoms with Gasteiger partial charge in [0.05, 0.1) is 0 Å². The van der Waals surface area contributed by atoms with Crippen molar-refractivity contribution in [1.82, 2.24) is 5.32 Å². The van der Waals surface area contributed by atoms with E-state index in [4.69, 9.17) is 9.47 Å². The first-order valence-corrected chi connectivity index (χ1v) is 5.60. The first kappa shape index (κ1) is 12.9. The Morgan fingerprint density at radius 3 is 2.95 bits per heavy atom. The molecule has 1 atom stereocenters. The molecule has 1 aliphatic heterocycles. The van der Waals surface area contributed by atoms with Gasteiger partial charge >= 0.3 is 0 Å². The number of fused-ring (bicyclic) bond motifs is 1.